The van der Waals surface area contributed by atoms with E-state index < -0.39 is 0 Å². The third-order valence-corrected chi connectivity index (χ3v) is 4.95. The van der Waals surface area contributed by atoms with Crippen LogP contribution >= 0.6 is 0 Å². The van der Waals surface area contributed by atoms with Crippen LogP contribution in [0.3, 0.4) is 0 Å². The molecule has 24 heavy (non-hydrogen) atoms. The molecule has 1 aliphatic rings. The summed E-state index contributed by atoms with van der Waals surface area (Å²) in [6, 6.07) is 15.0. The fraction of sp³-hybridized carbons (Fsp3) is 0.429. The van der Waals surface area contributed by atoms with Crippen molar-refractivity contribution in [3.63, 3.8) is 0 Å². The maximum atomic E-state index is 6.11. The Labute approximate surface area is 145 Å². The first-order chi connectivity index (χ1) is 11.7. The predicted molar refractivity (Wildman–Crippen MR) is 99.7 cm³/mol. The van der Waals surface area contributed by atoms with Gasteiger partial charge in [0.25, 0.3) is 0 Å². The molecule has 2 N–H and O–H groups in total. The molecule has 3 nitrogen and oxygen atoms in total. The van der Waals surface area contributed by atoms with Gasteiger partial charge in [-0.1, -0.05) is 36.8 Å². The number of hydrogen-bond donors (Lipinski definition) is 1. The summed E-state index contributed by atoms with van der Waals surface area (Å²) in [6.45, 7) is 7.14. The number of likely N-dealkylation sites (tertiary alicyclic amines) is 1. The Morgan fingerprint density at radius 2 is 1.58 bits per heavy atom. The van der Waals surface area contributed by atoms with Crippen molar-refractivity contribution in [2.45, 2.75) is 39.2 Å². The van der Waals surface area contributed by atoms with Crippen molar-refractivity contribution in [1.29, 1.82) is 0 Å². The summed E-state index contributed by atoms with van der Waals surface area (Å²) >= 11 is 0. The molecule has 128 valence electrons. The van der Waals surface area contributed by atoms with E-state index in [2.05, 4.69) is 61.2 Å². The summed E-state index contributed by atoms with van der Waals surface area (Å²) in [5.74, 6) is 1.84. The van der Waals surface area contributed by atoms with Gasteiger partial charge in [0.2, 0.25) is 0 Å². The van der Waals surface area contributed by atoms with E-state index in [1.807, 2.05) is 0 Å². The van der Waals surface area contributed by atoms with Crippen LogP contribution in [0.4, 0.5) is 0 Å². The molecule has 0 radical (unpaired) electrons. The molecule has 1 saturated heterocycles. The van der Waals surface area contributed by atoms with E-state index in [0.717, 1.165) is 35.7 Å². The summed E-state index contributed by atoms with van der Waals surface area (Å²) in [4.78, 5) is 2.52. The molecule has 0 aromatic heterocycles. The molecule has 0 spiro atoms. The zero-order valence-electron chi connectivity index (χ0n) is 14.8. The topological polar surface area (TPSA) is 38.5 Å². The lowest BCUT2D eigenvalue weighted by atomic mass is 10.0. The van der Waals surface area contributed by atoms with Crippen molar-refractivity contribution in [3.05, 3.63) is 59.2 Å². The summed E-state index contributed by atoms with van der Waals surface area (Å²) in [6.07, 6.45) is 3.91. The molecule has 1 fully saturated rings. The van der Waals surface area contributed by atoms with Crippen LogP contribution in [0.25, 0.3) is 0 Å². The highest BCUT2D eigenvalue weighted by atomic mass is 16.5. The van der Waals surface area contributed by atoms with Gasteiger partial charge in [-0.05, 0) is 68.6 Å². The Hall–Kier alpha value is -1.84. The van der Waals surface area contributed by atoms with E-state index in [9.17, 15) is 0 Å². The lowest BCUT2D eigenvalue weighted by Gasteiger charge is -2.34. The lowest BCUT2D eigenvalue weighted by Crippen LogP contribution is -2.37. The molecule has 0 bridgehead atoms. The molecule has 2 aromatic rings. The number of hydrogen-bond acceptors (Lipinski definition) is 3. The maximum absolute atomic E-state index is 6.11. The molecule has 0 saturated carbocycles. The zero-order chi connectivity index (χ0) is 16.9. The fourth-order valence-corrected chi connectivity index (χ4v) is 3.56. The highest BCUT2D eigenvalue weighted by Crippen LogP contribution is 2.30. The van der Waals surface area contributed by atoms with E-state index in [0.29, 0.717) is 12.6 Å². The first-order valence-electron chi connectivity index (χ1n) is 8.97. The molecule has 1 heterocycles. The first-order valence-corrected chi connectivity index (χ1v) is 8.97. The number of ether oxygens (including phenoxy) is 1. The van der Waals surface area contributed by atoms with Crippen LogP contribution in [0, 0.1) is 13.8 Å². The highest BCUT2D eigenvalue weighted by Gasteiger charge is 2.20. The Balaban J connectivity index is 1.75. The summed E-state index contributed by atoms with van der Waals surface area (Å²) in [7, 11) is 0. The van der Waals surface area contributed by atoms with Crippen molar-refractivity contribution < 1.29 is 4.74 Å². The normalized spacial score (nSPS) is 16.8. The minimum absolute atomic E-state index is 0.319. The minimum Gasteiger partial charge on any atom is -0.457 e. The van der Waals surface area contributed by atoms with E-state index in [-0.39, 0.29) is 0 Å². The van der Waals surface area contributed by atoms with Gasteiger partial charge in [-0.15, -0.1) is 0 Å². The van der Waals surface area contributed by atoms with Gasteiger partial charge in [0.15, 0.2) is 0 Å². The van der Waals surface area contributed by atoms with Gasteiger partial charge >= 0.3 is 0 Å². The maximum Gasteiger partial charge on any atom is 0.133 e. The Morgan fingerprint density at radius 3 is 2.17 bits per heavy atom. The second-order valence-electron chi connectivity index (χ2n) is 6.74. The minimum atomic E-state index is 0.319. The number of nitrogens with two attached hydrogens (primary N) is 1. The standard InChI is InChI=1S/C21H28N2O/c1-16-7-6-8-17(2)21(16)24-19-11-9-18(10-12-19)20(15-22)23-13-4-3-5-14-23/h6-12,20H,3-5,13-15,22H2,1-2H3. The molecule has 1 aliphatic heterocycles. The Kier molecular flexibility index (Phi) is 5.54. The average molecular weight is 324 g/mol. The van der Waals surface area contributed by atoms with Crippen LogP contribution in [0.15, 0.2) is 42.5 Å². The van der Waals surface area contributed by atoms with Crippen molar-refractivity contribution in [2.24, 2.45) is 5.73 Å². The number of para-hydroxylation sites is 1. The van der Waals surface area contributed by atoms with Crippen molar-refractivity contribution in [3.8, 4) is 11.5 Å². The lowest BCUT2D eigenvalue weighted by molar-refractivity contribution is 0.167. The Morgan fingerprint density at radius 1 is 0.958 bits per heavy atom. The summed E-state index contributed by atoms with van der Waals surface area (Å²) in [5.41, 5.74) is 9.67. The van der Waals surface area contributed by atoms with Crippen molar-refractivity contribution >= 4 is 0 Å². The predicted octanol–water partition coefficient (Wildman–Crippen LogP) is 4.58. The zero-order valence-corrected chi connectivity index (χ0v) is 14.8. The number of rotatable bonds is 5. The van der Waals surface area contributed by atoms with Gasteiger partial charge in [0.05, 0.1) is 0 Å². The molecule has 1 unspecified atom stereocenters. The molecule has 0 aliphatic carbocycles. The number of benzene rings is 2. The van der Waals surface area contributed by atoms with E-state index in [1.54, 1.807) is 0 Å². The van der Waals surface area contributed by atoms with E-state index in [1.165, 1.54) is 24.8 Å². The highest BCUT2D eigenvalue weighted by molar-refractivity contribution is 5.43. The van der Waals surface area contributed by atoms with Gasteiger partial charge in [-0.3, -0.25) is 4.90 Å². The summed E-state index contributed by atoms with van der Waals surface area (Å²) in [5, 5.41) is 0. The SMILES string of the molecule is Cc1cccc(C)c1Oc1ccc(C(CN)N2CCCCC2)cc1. The third-order valence-electron chi connectivity index (χ3n) is 4.95. The second kappa shape index (κ2) is 7.82. The van der Waals surface area contributed by atoms with Crippen LogP contribution in [0.1, 0.15) is 42.0 Å². The van der Waals surface area contributed by atoms with E-state index in [4.69, 9.17) is 10.5 Å². The van der Waals surface area contributed by atoms with Gasteiger partial charge in [0, 0.05) is 12.6 Å². The van der Waals surface area contributed by atoms with Gasteiger partial charge in [0.1, 0.15) is 11.5 Å². The van der Waals surface area contributed by atoms with Crippen LogP contribution in [0.2, 0.25) is 0 Å². The van der Waals surface area contributed by atoms with E-state index >= 15 is 0 Å². The molecule has 1 atom stereocenters. The second-order valence-corrected chi connectivity index (χ2v) is 6.74. The molecule has 0 amide bonds. The molecular formula is C21H28N2O. The molecule has 3 rings (SSSR count). The number of piperidine rings is 1. The van der Waals surface area contributed by atoms with Gasteiger partial charge in [-0.2, -0.15) is 0 Å². The third kappa shape index (κ3) is 3.80. The summed E-state index contributed by atoms with van der Waals surface area (Å²) < 4.78 is 6.11. The monoisotopic (exact) mass is 324 g/mol. The molecule has 2 aromatic carbocycles. The fourth-order valence-electron chi connectivity index (χ4n) is 3.56. The molecule has 3 heteroatoms. The van der Waals surface area contributed by atoms with Crippen molar-refractivity contribution in [1.82, 2.24) is 4.90 Å². The van der Waals surface area contributed by atoms with Crippen molar-refractivity contribution in [2.75, 3.05) is 19.6 Å². The largest absolute Gasteiger partial charge is 0.457 e. The van der Waals surface area contributed by atoms with Gasteiger partial charge < -0.3 is 10.5 Å². The Bertz CT molecular complexity index is 640. The molecular weight excluding hydrogens is 296 g/mol. The number of nitrogens with zero attached hydrogens (tertiary/aromatic N) is 1. The van der Waals surface area contributed by atoms with Crippen LogP contribution in [-0.4, -0.2) is 24.5 Å². The first kappa shape index (κ1) is 17.0. The number of aryl methyl sites for hydroxylation is 2. The van der Waals surface area contributed by atoms with Crippen LogP contribution < -0.4 is 10.5 Å². The van der Waals surface area contributed by atoms with Crippen LogP contribution in [0.5, 0.6) is 11.5 Å². The average Bonchev–Trinajstić information content (AvgIpc) is 2.61. The van der Waals surface area contributed by atoms with Crippen LogP contribution in [-0.2, 0) is 0 Å². The van der Waals surface area contributed by atoms with Gasteiger partial charge in [-0.25, -0.2) is 0 Å². The quantitative estimate of drug-likeness (QED) is 0.875. The smallest absolute Gasteiger partial charge is 0.133 e.